The molecule has 0 aromatic carbocycles. The molecule has 0 radical (unpaired) electrons. The number of rotatable bonds is 8. The quantitative estimate of drug-likeness (QED) is 0.741. The molecule has 0 spiro atoms. The SMILES string of the molecule is CCCNCc1cc(S(=O)(=O)N(C)CC2CC2)cn1C. The van der Waals surface area contributed by atoms with E-state index in [0.29, 0.717) is 23.9 Å². The molecule has 1 fully saturated rings. The van der Waals surface area contributed by atoms with Gasteiger partial charge in [0, 0.05) is 39.1 Å². The molecule has 0 bridgehead atoms. The summed E-state index contributed by atoms with van der Waals surface area (Å²) in [5, 5.41) is 3.30. The number of nitrogens with zero attached hydrogens (tertiary/aromatic N) is 2. The minimum absolute atomic E-state index is 0.399. The van der Waals surface area contributed by atoms with E-state index in [4.69, 9.17) is 0 Å². The molecule has 0 amide bonds. The highest BCUT2D eigenvalue weighted by Gasteiger charge is 2.29. The Balaban J connectivity index is 2.08. The zero-order valence-corrected chi connectivity index (χ0v) is 13.4. The zero-order valence-electron chi connectivity index (χ0n) is 12.6. The van der Waals surface area contributed by atoms with Crippen LogP contribution < -0.4 is 5.32 Å². The molecule has 5 nitrogen and oxygen atoms in total. The maximum absolute atomic E-state index is 12.5. The topological polar surface area (TPSA) is 54.3 Å². The van der Waals surface area contributed by atoms with E-state index in [1.807, 2.05) is 11.6 Å². The van der Waals surface area contributed by atoms with Crippen molar-refractivity contribution < 1.29 is 8.42 Å². The summed E-state index contributed by atoms with van der Waals surface area (Å²) in [6, 6.07) is 1.78. The standard InChI is InChI=1S/C14H25N3O2S/c1-4-7-15-9-13-8-14(11-16(13)2)20(18,19)17(3)10-12-5-6-12/h8,11-12,15H,4-7,9-10H2,1-3H3. The molecule has 0 saturated heterocycles. The average Bonchev–Trinajstić information content (AvgIpc) is 3.12. The molecule has 1 saturated carbocycles. The van der Waals surface area contributed by atoms with Gasteiger partial charge in [-0.2, -0.15) is 0 Å². The summed E-state index contributed by atoms with van der Waals surface area (Å²) in [5.74, 6) is 0.559. The number of hydrogen-bond acceptors (Lipinski definition) is 3. The Morgan fingerprint density at radius 3 is 2.75 bits per heavy atom. The number of aromatic nitrogens is 1. The van der Waals surface area contributed by atoms with Gasteiger partial charge in [0.1, 0.15) is 4.90 Å². The van der Waals surface area contributed by atoms with Gasteiger partial charge in [-0.05, 0) is 37.8 Å². The van der Waals surface area contributed by atoms with E-state index in [0.717, 1.165) is 31.5 Å². The van der Waals surface area contributed by atoms with Gasteiger partial charge in [0.15, 0.2) is 0 Å². The molecule has 1 aliphatic rings. The molecule has 1 heterocycles. The maximum Gasteiger partial charge on any atom is 0.244 e. The van der Waals surface area contributed by atoms with Crippen molar-refractivity contribution >= 4 is 10.0 Å². The van der Waals surface area contributed by atoms with E-state index in [9.17, 15) is 8.42 Å². The number of aryl methyl sites for hydroxylation is 1. The van der Waals surface area contributed by atoms with Crippen LogP contribution in [-0.2, 0) is 23.6 Å². The van der Waals surface area contributed by atoms with Crippen molar-refractivity contribution in [3.05, 3.63) is 18.0 Å². The van der Waals surface area contributed by atoms with Crippen molar-refractivity contribution in [1.82, 2.24) is 14.2 Å². The number of hydrogen-bond donors (Lipinski definition) is 1. The Labute approximate surface area is 122 Å². The van der Waals surface area contributed by atoms with Gasteiger partial charge in [-0.25, -0.2) is 12.7 Å². The summed E-state index contributed by atoms with van der Waals surface area (Å²) in [7, 11) is 0.226. The van der Waals surface area contributed by atoms with Gasteiger partial charge in [0.2, 0.25) is 10.0 Å². The molecule has 0 atom stereocenters. The molecule has 0 aliphatic heterocycles. The summed E-state index contributed by atoms with van der Waals surface area (Å²) in [6.45, 7) is 4.39. The zero-order chi connectivity index (χ0) is 14.8. The molecule has 1 aromatic heterocycles. The van der Waals surface area contributed by atoms with Gasteiger partial charge < -0.3 is 9.88 Å². The van der Waals surface area contributed by atoms with E-state index in [1.54, 1.807) is 19.3 Å². The lowest BCUT2D eigenvalue weighted by Gasteiger charge is -2.15. The lowest BCUT2D eigenvalue weighted by molar-refractivity contribution is 0.453. The molecular formula is C14H25N3O2S. The van der Waals surface area contributed by atoms with Crippen LogP contribution in [0.25, 0.3) is 0 Å². The first-order valence-electron chi connectivity index (χ1n) is 7.27. The van der Waals surface area contributed by atoms with E-state index in [1.165, 1.54) is 4.31 Å². The van der Waals surface area contributed by atoms with Crippen molar-refractivity contribution in [3.8, 4) is 0 Å². The summed E-state index contributed by atoms with van der Waals surface area (Å²) < 4.78 is 28.3. The van der Waals surface area contributed by atoms with Crippen LogP contribution in [0.3, 0.4) is 0 Å². The first-order chi connectivity index (χ1) is 9.45. The second-order valence-electron chi connectivity index (χ2n) is 5.68. The predicted molar refractivity (Wildman–Crippen MR) is 80.0 cm³/mol. The largest absolute Gasteiger partial charge is 0.352 e. The van der Waals surface area contributed by atoms with Crippen LogP contribution in [0.15, 0.2) is 17.2 Å². The maximum atomic E-state index is 12.5. The van der Waals surface area contributed by atoms with Crippen LogP contribution in [0.5, 0.6) is 0 Å². The van der Waals surface area contributed by atoms with Gasteiger partial charge in [-0.1, -0.05) is 6.92 Å². The van der Waals surface area contributed by atoms with E-state index in [2.05, 4.69) is 12.2 Å². The van der Waals surface area contributed by atoms with Crippen LogP contribution in [0.4, 0.5) is 0 Å². The molecule has 114 valence electrons. The van der Waals surface area contributed by atoms with Gasteiger partial charge in [-0.15, -0.1) is 0 Å². The predicted octanol–water partition coefficient (Wildman–Crippen LogP) is 1.56. The van der Waals surface area contributed by atoms with Crippen molar-refractivity contribution in [3.63, 3.8) is 0 Å². The molecule has 6 heteroatoms. The van der Waals surface area contributed by atoms with Crippen molar-refractivity contribution in [2.45, 2.75) is 37.6 Å². The van der Waals surface area contributed by atoms with Crippen LogP contribution >= 0.6 is 0 Å². The lowest BCUT2D eigenvalue weighted by Crippen LogP contribution is -2.28. The van der Waals surface area contributed by atoms with Gasteiger partial charge in [-0.3, -0.25) is 0 Å². The van der Waals surface area contributed by atoms with Crippen molar-refractivity contribution in [2.24, 2.45) is 13.0 Å². The molecule has 2 rings (SSSR count). The van der Waals surface area contributed by atoms with Gasteiger partial charge in [0.05, 0.1) is 0 Å². The fourth-order valence-corrected chi connectivity index (χ4v) is 3.57. The third-order valence-corrected chi connectivity index (χ3v) is 5.52. The summed E-state index contributed by atoms with van der Waals surface area (Å²) in [4.78, 5) is 0.399. The first kappa shape index (κ1) is 15.5. The fraction of sp³-hybridized carbons (Fsp3) is 0.714. The second kappa shape index (κ2) is 6.28. The highest BCUT2D eigenvalue weighted by atomic mass is 32.2. The summed E-state index contributed by atoms with van der Waals surface area (Å²) >= 11 is 0. The fourth-order valence-electron chi connectivity index (χ4n) is 2.23. The molecule has 1 aliphatic carbocycles. The Kier molecular flexibility index (Phi) is 4.88. The van der Waals surface area contributed by atoms with Crippen LogP contribution in [0.2, 0.25) is 0 Å². The van der Waals surface area contributed by atoms with Crippen LogP contribution in [-0.4, -0.2) is 37.4 Å². The Bertz CT molecular complexity index is 547. The minimum Gasteiger partial charge on any atom is -0.352 e. The van der Waals surface area contributed by atoms with E-state index in [-0.39, 0.29) is 0 Å². The van der Waals surface area contributed by atoms with Crippen LogP contribution in [0.1, 0.15) is 31.9 Å². The highest BCUT2D eigenvalue weighted by molar-refractivity contribution is 7.89. The van der Waals surface area contributed by atoms with Crippen molar-refractivity contribution in [2.75, 3.05) is 20.1 Å². The Morgan fingerprint density at radius 1 is 1.45 bits per heavy atom. The summed E-state index contributed by atoms with van der Waals surface area (Å²) in [6.07, 6.45) is 5.09. The van der Waals surface area contributed by atoms with Crippen LogP contribution in [0, 0.1) is 5.92 Å². The average molecular weight is 299 g/mol. The molecule has 0 unspecified atom stereocenters. The normalized spacial score (nSPS) is 16.0. The number of sulfonamides is 1. The van der Waals surface area contributed by atoms with Gasteiger partial charge in [0.25, 0.3) is 0 Å². The van der Waals surface area contributed by atoms with E-state index < -0.39 is 10.0 Å². The second-order valence-corrected chi connectivity index (χ2v) is 7.73. The Hall–Kier alpha value is -0.850. The third kappa shape index (κ3) is 3.62. The monoisotopic (exact) mass is 299 g/mol. The van der Waals surface area contributed by atoms with E-state index >= 15 is 0 Å². The smallest absolute Gasteiger partial charge is 0.244 e. The van der Waals surface area contributed by atoms with Gasteiger partial charge >= 0.3 is 0 Å². The van der Waals surface area contributed by atoms with Crippen molar-refractivity contribution in [1.29, 1.82) is 0 Å². The third-order valence-electron chi connectivity index (χ3n) is 3.74. The molecule has 20 heavy (non-hydrogen) atoms. The Morgan fingerprint density at radius 2 is 2.15 bits per heavy atom. The summed E-state index contributed by atoms with van der Waals surface area (Å²) in [5.41, 5.74) is 0.997. The minimum atomic E-state index is -3.34. The highest BCUT2D eigenvalue weighted by Crippen LogP contribution is 2.31. The molecule has 1 N–H and O–H groups in total. The number of nitrogens with one attached hydrogen (secondary N) is 1. The first-order valence-corrected chi connectivity index (χ1v) is 8.71. The molecule has 1 aromatic rings. The molecular weight excluding hydrogens is 274 g/mol. The lowest BCUT2D eigenvalue weighted by atomic mass is 10.4.